The van der Waals surface area contributed by atoms with Gasteiger partial charge in [0.25, 0.3) is 0 Å². The number of hydrogen-bond acceptors (Lipinski definition) is 1. The highest BCUT2D eigenvalue weighted by atomic mass is 16.1. The summed E-state index contributed by atoms with van der Waals surface area (Å²) in [6.07, 6.45) is 0. The molecule has 0 radical (unpaired) electrons. The molecule has 22 heavy (non-hydrogen) atoms. The lowest BCUT2D eigenvalue weighted by molar-refractivity contribution is 1.16. The highest BCUT2D eigenvalue weighted by molar-refractivity contribution is 5.95. The maximum absolute atomic E-state index is 12.8. The van der Waals surface area contributed by atoms with Gasteiger partial charge in [-0.3, -0.25) is 4.79 Å². The Morgan fingerprint density at radius 2 is 1.41 bits per heavy atom. The first-order valence-electron chi connectivity index (χ1n) is 7.35. The van der Waals surface area contributed by atoms with Crippen LogP contribution in [0.3, 0.4) is 0 Å². The molecular formula is C20H15NO. The highest BCUT2D eigenvalue weighted by Gasteiger charge is 2.11. The van der Waals surface area contributed by atoms with E-state index >= 15 is 0 Å². The van der Waals surface area contributed by atoms with Crippen molar-refractivity contribution in [2.45, 2.75) is 6.92 Å². The van der Waals surface area contributed by atoms with Gasteiger partial charge in [0.2, 0.25) is 0 Å². The summed E-state index contributed by atoms with van der Waals surface area (Å²) in [6.45, 7) is 2.05. The average Bonchev–Trinajstić information content (AvgIpc) is 2.56. The first kappa shape index (κ1) is 12.8. The maximum atomic E-state index is 12.8. The third-order valence-electron chi connectivity index (χ3n) is 4.04. The number of benzene rings is 3. The number of aryl methyl sites for hydroxylation is 1. The molecule has 0 unspecified atom stereocenters. The molecule has 4 rings (SSSR count). The van der Waals surface area contributed by atoms with Gasteiger partial charge in [0.15, 0.2) is 5.43 Å². The minimum absolute atomic E-state index is 0.0952. The Morgan fingerprint density at radius 1 is 0.727 bits per heavy atom. The maximum Gasteiger partial charge on any atom is 0.197 e. The number of rotatable bonds is 1. The van der Waals surface area contributed by atoms with Gasteiger partial charge in [-0.05, 0) is 48.9 Å². The summed E-state index contributed by atoms with van der Waals surface area (Å²) in [5.74, 6) is 0. The van der Waals surface area contributed by atoms with Crippen LogP contribution in [-0.4, -0.2) is 4.57 Å². The van der Waals surface area contributed by atoms with E-state index in [9.17, 15) is 4.79 Å². The standard InChI is InChI=1S/C20H15NO/c1-14-11-12-17-19(13-14)21(15-7-3-2-4-8-15)18-10-6-5-9-16(18)20(17)22/h2-13H,1H3. The third-order valence-corrected chi connectivity index (χ3v) is 4.04. The fourth-order valence-electron chi connectivity index (χ4n) is 3.01. The number of pyridine rings is 1. The van der Waals surface area contributed by atoms with E-state index in [-0.39, 0.29) is 5.43 Å². The van der Waals surface area contributed by atoms with E-state index < -0.39 is 0 Å². The molecule has 3 aromatic carbocycles. The Balaban J connectivity index is 2.31. The van der Waals surface area contributed by atoms with E-state index in [2.05, 4.69) is 29.7 Å². The average molecular weight is 285 g/mol. The van der Waals surface area contributed by atoms with E-state index in [4.69, 9.17) is 0 Å². The predicted molar refractivity (Wildman–Crippen MR) is 91.8 cm³/mol. The van der Waals surface area contributed by atoms with Gasteiger partial charge in [0.1, 0.15) is 0 Å². The number of aromatic nitrogens is 1. The monoisotopic (exact) mass is 285 g/mol. The zero-order valence-electron chi connectivity index (χ0n) is 12.3. The van der Waals surface area contributed by atoms with Crippen LogP contribution >= 0.6 is 0 Å². The van der Waals surface area contributed by atoms with Crippen molar-refractivity contribution in [2.24, 2.45) is 0 Å². The van der Waals surface area contributed by atoms with E-state index in [1.165, 1.54) is 0 Å². The second-order valence-electron chi connectivity index (χ2n) is 5.54. The summed E-state index contributed by atoms with van der Waals surface area (Å²) < 4.78 is 2.17. The van der Waals surface area contributed by atoms with Gasteiger partial charge >= 0.3 is 0 Å². The molecule has 0 fully saturated rings. The molecule has 0 bridgehead atoms. The molecule has 2 heteroatoms. The summed E-state index contributed by atoms with van der Waals surface area (Å²) in [4.78, 5) is 12.8. The molecule has 106 valence electrons. The zero-order chi connectivity index (χ0) is 15.1. The van der Waals surface area contributed by atoms with Crippen molar-refractivity contribution in [1.82, 2.24) is 4.57 Å². The van der Waals surface area contributed by atoms with E-state index in [0.717, 1.165) is 33.1 Å². The Kier molecular flexibility index (Phi) is 2.83. The second kappa shape index (κ2) is 4.85. The largest absolute Gasteiger partial charge is 0.309 e. The van der Waals surface area contributed by atoms with Gasteiger partial charge < -0.3 is 4.57 Å². The summed E-state index contributed by atoms with van der Waals surface area (Å²) in [7, 11) is 0. The van der Waals surface area contributed by atoms with Gasteiger partial charge in [0, 0.05) is 16.5 Å². The molecule has 0 saturated heterocycles. The van der Waals surface area contributed by atoms with Crippen molar-refractivity contribution in [3.8, 4) is 5.69 Å². The molecule has 4 aromatic rings. The van der Waals surface area contributed by atoms with Crippen LogP contribution < -0.4 is 5.43 Å². The number of para-hydroxylation sites is 2. The molecule has 0 aliphatic carbocycles. The topological polar surface area (TPSA) is 22.0 Å². The first-order chi connectivity index (χ1) is 10.8. The molecule has 0 amide bonds. The summed E-state index contributed by atoms with van der Waals surface area (Å²) in [5.41, 5.74) is 4.20. The SMILES string of the molecule is Cc1ccc2c(=O)c3ccccc3n(-c3ccccc3)c2c1. The zero-order valence-corrected chi connectivity index (χ0v) is 12.3. The van der Waals surface area contributed by atoms with Crippen LogP contribution in [0.1, 0.15) is 5.56 Å². The normalized spacial score (nSPS) is 11.1. The predicted octanol–water partition coefficient (Wildman–Crippen LogP) is 4.45. The Bertz CT molecular complexity index is 1050. The van der Waals surface area contributed by atoms with Crippen molar-refractivity contribution in [3.63, 3.8) is 0 Å². The van der Waals surface area contributed by atoms with Gasteiger partial charge in [0.05, 0.1) is 11.0 Å². The van der Waals surface area contributed by atoms with Gasteiger partial charge in [-0.25, -0.2) is 0 Å². The fraction of sp³-hybridized carbons (Fsp3) is 0.0500. The van der Waals surface area contributed by atoms with Crippen LogP contribution in [0, 0.1) is 6.92 Å². The van der Waals surface area contributed by atoms with E-state index in [1.54, 1.807) is 0 Å². The van der Waals surface area contributed by atoms with Crippen molar-refractivity contribution in [2.75, 3.05) is 0 Å². The van der Waals surface area contributed by atoms with Crippen LogP contribution in [-0.2, 0) is 0 Å². The molecule has 0 saturated carbocycles. The van der Waals surface area contributed by atoms with E-state index in [1.807, 2.05) is 54.6 Å². The second-order valence-corrected chi connectivity index (χ2v) is 5.54. The lowest BCUT2D eigenvalue weighted by atomic mass is 10.1. The molecule has 0 aliphatic heterocycles. The third kappa shape index (κ3) is 1.85. The molecule has 1 heterocycles. The smallest absolute Gasteiger partial charge is 0.197 e. The van der Waals surface area contributed by atoms with Gasteiger partial charge in [-0.1, -0.05) is 36.4 Å². The van der Waals surface area contributed by atoms with Crippen molar-refractivity contribution < 1.29 is 0 Å². The molecule has 0 atom stereocenters. The first-order valence-corrected chi connectivity index (χ1v) is 7.35. The van der Waals surface area contributed by atoms with Crippen LogP contribution in [0.5, 0.6) is 0 Å². The fourth-order valence-corrected chi connectivity index (χ4v) is 3.01. The molecule has 0 aliphatic rings. The number of nitrogens with zero attached hydrogens (tertiary/aromatic N) is 1. The minimum atomic E-state index is 0.0952. The molecule has 0 spiro atoms. The van der Waals surface area contributed by atoms with Crippen molar-refractivity contribution >= 4 is 21.8 Å². The Labute approximate surface area is 128 Å². The highest BCUT2D eigenvalue weighted by Crippen LogP contribution is 2.24. The number of hydrogen-bond donors (Lipinski definition) is 0. The molecule has 2 nitrogen and oxygen atoms in total. The van der Waals surface area contributed by atoms with Gasteiger partial charge in [-0.2, -0.15) is 0 Å². The van der Waals surface area contributed by atoms with Crippen LogP contribution in [0.4, 0.5) is 0 Å². The Morgan fingerprint density at radius 3 is 2.23 bits per heavy atom. The van der Waals surface area contributed by atoms with Crippen LogP contribution in [0.25, 0.3) is 27.5 Å². The summed E-state index contributed by atoms with van der Waals surface area (Å²) >= 11 is 0. The Hall–Kier alpha value is -2.87. The molecule has 1 aromatic heterocycles. The lowest BCUT2D eigenvalue weighted by Crippen LogP contribution is -2.10. The van der Waals surface area contributed by atoms with Crippen molar-refractivity contribution in [1.29, 1.82) is 0 Å². The minimum Gasteiger partial charge on any atom is -0.309 e. The van der Waals surface area contributed by atoms with Gasteiger partial charge in [-0.15, -0.1) is 0 Å². The summed E-state index contributed by atoms with van der Waals surface area (Å²) in [6, 6.07) is 24.0. The van der Waals surface area contributed by atoms with Crippen LogP contribution in [0.15, 0.2) is 77.6 Å². The lowest BCUT2D eigenvalue weighted by Gasteiger charge is -2.15. The van der Waals surface area contributed by atoms with Crippen molar-refractivity contribution in [3.05, 3.63) is 88.6 Å². The van der Waals surface area contributed by atoms with E-state index in [0.29, 0.717) is 0 Å². The quantitative estimate of drug-likeness (QED) is 0.473. The number of fused-ring (bicyclic) bond motifs is 2. The summed E-state index contributed by atoms with van der Waals surface area (Å²) in [5, 5.41) is 1.51. The molecular weight excluding hydrogens is 270 g/mol. The molecule has 0 N–H and O–H groups in total. The van der Waals surface area contributed by atoms with Crippen LogP contribution in [0.2, 0.25) is 0 Å².